The van der Waals surface area contributed by atoms with E-state index in [0.29, 0.717) is 17.9 Å². The Bertz CT molecular complexity index is 1070. The Hall–Kier alpha value is -3.16. The highest BCUT2D eigenvalue weighted by Gasteiger charge is 2.45. The minimum atomic E-state index is -0.651. The fourth-order valence-electron chi connectivity index (χ4n) is 4.61. The molecule has 0 aliphatic carbocycles. The molecule has 1 N–H and O–H groups in total. The Morgan fingerprint density at radius 3 is 2.31 bits per heavy atom. The predicted octanol–water partition coefficient (Wildman–Crippen LogP) is 3.93. The van der Waals surface area contributed by atoms with E-state index in [1.165, 1.54) is 0 Å². The van der Waals surface area contributed by atoms with Gasteiger partial charge in [-0.2, -0.15) is 0 Å². The van der Waals surface area contributed by atoms with Crippen molar-refractivity contribution in [1.29, 1.82) is 0 Å². The van der Waals surface area contributed by atoms with Crippen LogP contribution in [0.5, 0.6) is 5.75 Å². The van der Waals surface area contributed by atoms with Crippen molar-refractivity contribution < 1.29 is 24.2 Å². The molecule has 186 valence electrons. The average Bonchev–Trinajstić information content (AvgIpc) is 3.10. The molecule has 2 saturated heterocycles. The molecule has 0 unspecified atom stereocenters. The predicted molar refractivity (Wildman–Crippen MR) is 134 cm³/mol. The molecular formula is C28H34N2O5. The molecule has 2 aliphatic rings. The monoisotopic (exact) mass is 478 g/mol. The van der Waals surface area contributed by atoms with Gasteiger partial charge in [-0.15, -0.1) is 0 Å². The number of ether oxygens (including phenoxy) is 2. The molecule has 2 aliphatic heterocycles. The Balaban J connectivity index is 1.64. The second kappa shape index (κ2) is 11.1. The third-order valence-corrected chi connectivity index (χ3v) is 6.41. The Morgan fingerprint density at radius 2 is 1.69 bits per heavy atom. The van der Waals surface area contributed by atoms with Crippen molar-refractivity contribution in [3.8, 4) is 5.75 Å². The largest absolute Gasteiger partial charge is 0.507 e. The van der Waals surface area contributed by atoms with Gasteiger partial charge in [0.2, 0.25) is 0 Å². The second-order valence-corrected chi connectivity index (χ2v) is 9.40. The van der Waals surface area contributed by atoms with Gasteiger partial charge in [0.15, 0.2) is 0 Å². The maximum absolute atomic E-state index is 13.2. The second-order valence-electron chi connectivity index (χ2n) is 9.40. The van der Waals surface area contributed by atoms with Gasteiger partial charge >= 0.3 is 0 Å². The van der Waals surface area contributed by atoms with E-state index in [1.54, 1.807) is 29.2 Å². The zero-order valence-corrected chi connectivity index (χ0v) is 20.7. The van der Waals surface area contributed by atoms with Crippen LogP contribution in [0.4, 0.5) is 0 Å². The van der Waals surface area contributed by atoms with E-state index in [1.807, 2.05) is 45.0 Å². The van der Waals surface area contributed by atoms with E-state index >= 15 is 0 Å². The topological polar surface area (TPSA) is 79.3 Å². The van der Waals surface area contributed by atoms with Gasteiger partial charge in [-0.25, -0.2) is 0 Å². The van der Waals surface area contributed by atoms with Crippen molar-refractivity contribution in [2.24, 2.45) is 0 Å². The average molecular weight is 479 g/mol. The first-order chi connectivity index (χ1) is 16.8. The summed E-state index contributed by atoms with van der Waals surface area (Å²) in [6.45, 7) is 10.3. The van der Waals surface area contributed by atoms with Gasteiger partial charge in [0.1, 0.15) is 11.5 Å². The van der Waals surface area contributed by atoms with Crippen LogP contribution in [0.25, 0.3) is 5.76 Å². The number of carbonyl (C=O) groups excluding carboxylic acids is 2. The fourth-order valence-corrected chi connectivity index (χ4v) is 4.61. The summed E-state index contributed by atoms with van der Waals surface area (Å²) in [5.41, 5.74) is 2.49. The van der Waals surface area contributed by atoms with Crippen LogP contribution < -0.4 is 4.74 Å². The molecule has 2 aromatic carbocycles. The van der Waals surface area contributed by atoms with Crippen molar-refractivity contribution in [1.82, 2.24) is 9.80 Å². The summed E-state index contributed by atoms with van der Waals surface area (Å²) in [6, 6.07) is 14.1. The van der Waals surface area contributed by atoms with E-state index in [-0.39, 0.29) is 17.4 Å². The van der Waals surface area contributed by atoms with Crippen molar-refractivity contribution in [2.75, 3.05) is 39.4 Å². The molecule has 0 saturated carbocycles. The molecule has 7 nitrogen and oxygen atoms in total. The van der Waals surface area contributed by atoms with Crippen LogP contribution in [-0.2, 0) is 14.3 Å². The minimum Gasteiger partial charge on any atom is -0.507 e. The van der Waals surface area contributed by atoms with Gasteiger partial charge in [0, 0.05) is 31.7 Å². The summed E-state index contributed by atoms with van der Waals surface area (Å²) in [5.74, 6) is -0.711. The lowest BCUT2D eigenvalue weighted by atomic mass is 9.94. The molecule has 35 heavy (non-hydrogen) atoms. The third kappa shape index (κ3) is 5.74. The lowest BCUT2D eigenvalue weighted by molar-refractivity contribution is -0.140. The van der Waals surface area contributed by atoms with Crippen molar-refractivity contribution >= 4 is 17.4 Å². The number of aryl methyl sites for hydroxylation is 1. The first-order valence-corrected chi connectivity index (χ1v) is 12.3. The number of rotatable bonds is 8. The fraction of sp³-hybridized carbons (Fsp3) is 0.429. The van der Waals surface area contributed by atoms with Gasteiger partial charge in [-0.3, -0.25) is 14.5 Å². The van der Waals surface area contributed by atoms with Crippen LogP contribution in [0.1, 0.15) is 43.0 Å². The molecule has 1 amide bonds. The Labute approximate surface area is 206 Å². The highest BCUT2D eigenvalue weighted by molar-refractivity contribution is 6.46. The zero-order chi connectivity index (χ0) is 24.9. The van der Waals surface area contributed by atoms with E-state index in [9.17, 15) is 14.7 Å². The van der Waals surface area contributed by atoms with Crippen LogP contribution in [-0.4, -0.2) is 72.1 Å². The maximum Gasteiger partial charge on any atom is 0.295 e. The molecule has 4 rings (SSSR count). The molecule has 2 heterocycles. The normalized spacial score (nSPS) is 20.6. The first-order valence-electron chi connectivity index (χ1n) is 12.3. The number of likely N-dealkylation sites (tertiary alicyclic amines) is 1. The van der Waals surface area contributed by atoms with Crippen LogP contribution in [0.3, 0.4) is 0 Å². The Morgan fingerprint density at radius 1 is 1.03 bits per heavy atom. The highest BCUT2D eigenvalue weighted by atomic mass is 16.5. The van der Waals surface area contributed by atoms with Gasteiger partial charge in [0.05, 0.1) is 30.9 Å². The number of ketones is 1. The van der Waals surface area contributed by atoms with Crippen LogP contribution >= 0.6 is 0 Å². The standard InChI is InChI=1S/C28H34N2O5/c1-19(2)35-23-11-9-22(10-12-23)26(31)24-25(21-7-5-20(3)6-8-21)30(28(33)27(24)32)14-4-13-29-15-17-34-18-16-29/h5-12,19,25,31H,4,13-18H2,1-3H3/t25-/m0/s1. The van der Waals surface area contributed by atoms with E-state index in [0.717, 1.165) is 50.4 Å². The van der Waals surface area contributed by atoms with Crippen molar-refractivity contribution in [3.05, 3.63) is 70.8 Å². The lowest BCUT2D eigenvalue weighted by Gasteiger charge is -2.29. The number of amides is 1. The molecule has 0 bridgehead atoms. The Kier molecular flexibility index (Phi) is 7.88. The van der Waals surface area contributed by atoms with Gasteiger partial charge in [-0.1, -0.05) is 29.8 Å². The molecule has 0 spiro atoms. The van der Waals surface area contributed by atoms with E-state index < -0.39 is 17.7 Å². The van der Waals surface area contributed by atoms with Crippen molar-refractivity contribution in [3.63, 3.8) is 0 Å². The van der Waals surface area contributed by atoms with Crippen LogP contribution in [0, 0.1) is 6.92 Å². The number of benzene rings is 2. The highest BCUT2D eigenvalue weighted by Crippen LogP contribution is 2.39. The summed E-state index contributed by atoms with van der Waals surface area (Å²) in [7, 11) is 0. The van der Waals surface area contributed by atoms with E-state index in [4.69, 9.17) is 9.47 Å². The number of hydrogen-bond acceptors (Lipinski definition) is 6. The molecule has 2 aromatic rings. The molecule has 2 fully saturated rings. The molecule has 7 heteroatoms. The van der Waals surface area contributed by atoms with Crippen molar-refractivity contribution in [2.45, 2.75) is 39.3 Å². The quantitative estimate of drug-likeness (QED) is 0.352. The number of aliphatic hydroxyl groups is 1. The number of nitrogens with zero attached hydrogens (tertiary/aromatic N) is 2. The molecule has 0 radical (unpaired) electrons. The minimum absolute atomic E-state index is 0.0266. The number of hydrogen-bond donors (Lipinski definition) is 1. The number of Topliss-reactive ketones (excluding diaryl/α,β-unsaturated/α-hetero) is 1. The summed E-state index contributed by atoms with van der Waals surface area (Å²) in [4.78, 5) is 30.2. The first kappa shape index (κ1) is 24.9. The number of aliphatic hydroxyl groups excluding tert-OH is 1. The van der Waals surface area contributed by atoms with Crippen LogP contribution in [0.2, 0.25) is 0 Å². The van der Waals surface area contributed by atoms with Gasteiger partial charge < -0.3 is 19.5 Å². The summed E-state index contributed by atoms with van der Waals surface area (Å²) >= 11 is 0. The lowest BCUT2D eigenvalue weighted by Crippen LogP contribution is -2.38. The molecular weight excluding hydrogens is 444 g/mol. The SMILES string of the molecule is Cc1ccc([C@H]2C(=C(O)c3ccc(OC(C)C)cc3)C(=O)C(=O)N2CCCN2CCOCC2)cc1. The summed E-state index contributed by atoms with van der Waals surface area (Å²) in [6.07, 6.45) is 0.759. The third-order valence-electron chi connectivity index (χ3n) is 6.41. The number of morpholine rings is 1. The zero-order valence-electron chi connectivity index (χ0n) is 20.7. The summed E-state index contributed by atoms with van der Waals surface area (Å²) < 4.78 is 11.1. The van der Waals surface area contributed by atoms with Gasteiger partial charge in [-0.05, 0) is 57.0 Å². The molecule has 1 atom stereocenters. The van der Waals surface area contributed by atoms with Gasteiger partial charge in [0.25, 0.3) is 11.7 Å². The van der Waals surface area contributed by atoms with E-state index in [2.05, 4.69) is 4.90 Å². The summed E-state index contributed by atoms with van der Waals surface area (Å²) in [5, 5.41) is 11.2. The molecule has 0 aromatic heterocycles. The number of carbonyl (C=O) groups is 2. The maximum atomic E-state index is 13.2. The smallest absolute Gasteiger partial charge is 0.295 e. The van der Waals surface area contributed by atoms with Crippen LogP contribution in [0.15, 0.2) is 54.1 Å².